The standard InChI is InChI=1S/C10H14FN3/c1-2-7-5-8(7)6-14-10-9(11)12-3-4-13-10/h3-4,7-8H,2,5-6H2,1H3,(H,13,14)/t7-,8+/m1/s1. The first-order chi connectivity index (χ1) is 6.81. The van der Waals surface area contributed by atoms with Gasteiger partial charge in [-0.3, -0.25) is 0 Å². The highest BCUT2D eigenvalue weighted by molar-refractivity contribution is 5.32. The van der Waals surface area contributed by atoms with E-state index >= 15 is 0 Å². The molecule has 1 fully saturated rings. The van der Waals surface area contributed by atoms with Gasteiger partial charge in [-0.15, -0.1) is 0 Å². The molecular weight excluding hydrogens is 181 g/mol. The molecule has 0 amide bonds. The topological polar surface area (TPSA) is 37.8 Å². The van der Waals surface area contributed by atoms with Crippen LogP contribution >= 0.6 is 0 Å². The third-order valence-electron chi connectivity index (χ3n) is 2.78. The highest BCUT2D eigenvalue weighted by atomic mass is 19.1. The number of nitrogens with one attached hydrogen (secondary N) is 1. The van der Waals surface area contributed by atoms with Gasteiger partial charge in [0.1, 0.15) is 0 Å². The van der Waals surface area contributed by atoms with E-state index in [0.29, 0.717) is 5.92 Å². The van der Waals surface area contributed by atoms with Gasteiger partial charge in [0.05, 0.1) is 0 Å². The minimum absolute atomic E-state index is 0.272. The Morgan fingerprint density at radius 2 is 2.21 bits per heavy atom. The highest BCUT2D eigenvalue weighted by Gasteiger charge is 2.34. The van der Waals surface area contributed by atoms with Gasteiger partial charge >= 0.3 is 0 Å². The summed E-state index contributed by atoms with van der Waals surface area (Å²) in [5.41, 5.74) is 0. The van der Waals surface area contributed by atoms with Crippen molar-refractivity contribution in [1.29, 1.82) is 0 Å². The summed E-state index contributed by atoms with van der Waals surface area (Å²) in [7, 11) is 0. The Hall–Kier alpha value is -1.19. The highest BCUT2D eigenvalue weighted by Crippen LogP contribution is 2.40. The lowest BCUT2D eigenvalue weighted by Crippen LogP contribution is -2.08. The van der Waals surface area contributed by atoms with E-state index in [9.17, 15) is 4.39 Å². The lowest BCUT2D eigenvalue weighted by atomic mass is 10.2. The number of hydrogen-bond acceptors (Lipinski definition) is 3. The summed E-state index contributed by atoms with van der Waals surface area (Å²) in [4.78, 5) is 7.41. The molecule has 14 heavy (non-hydrogen) atoms. The van der Waals surface area contributed by atoms with Crippen LogP contribution in [0, 0.1) is 17.8 Å². The lowest BCUT2D eigenvalue weighted by Gasteiger charge is -2.04. The molecule has 76 valence electrons. The van der Waals surface area contributed by atoms with Gasteiger partial charge in [-0.05, 0) is 18.3 Å². The Labute approximate surface area is 82.8 Å². The van der Waals surface area contributed by atoms with Crippen LogP contribution in [-0.4, -0.2) is 16.5 Å². The fraction of sp³-hybridized carbons (Fsp3) is 0.600. The van der Waals surface area contributed by atoms with Crippen molar-refractivity contribution in [2.75, 3.05) is 11.9 Å². The van der Waals surface area contributed by atoms with Crippen LogP contribution in [0.3, 0.4) is 0 Å². The molecular formula is C10H14FN3. The molecule has 0 aromatic carbocycles. The zero-order valence-corrected chi connectivity index (χ0v) is 8.20. The maximum Gasteiger partial charge on any atom is 0.255 e. The number of nitrogens with zero attached hydrogens (tertiary/aromatic N) is 2. The largest absolute Gasteiger partial charge is 0.366 e. The molecule has 1 saturated carbocycles. The maximum absolute atomic E-state index is 13.0. The van der Waals surface area contributed by atoms with Gasteiger partial charge in [-0.25, -0.2) is 9.97 Å². The van der Waals surface area contributed by atoms with E-state index in [1.807, 2.05) is 0 Å². The van der Waals surface area contributed by atoms with Crippen molar-refractivity contribution < 1.29 is 4.39 Å². The summed E-state index contributed by atoms with van der Waals surface area (Å²) in [5.74, 6) is 1.28. The normalized spacial score (nSPS) is 24.7. The van der Waals surface area contributed by atoms with Gasteiger partial charge in [-0.1, -0.05) is 13.3 Å². The lowest BCUT2D eigenvalue weighted by molar-refractivity contribution is 0.578. The molecule has 1 aliphatic rings. The van der Waals surface area contributed by atoms with E-state index in [2.05, 4.69) is 22.2 Å². The Morgan fingerprint density at radius 3 is 2.86 bits per heavy atom. The molecule has 0 radical (unpaired) electrons. The van der Waals surface area contributed by atoms with E-state index in [1.54, 1.807) is 0 Å². The molecule has 2 rings (SSSR count). The predicted molar refractivity (Wildman–Crippen MR) is 52.4 cm³/mol. The Bertz CT molecular complexity index is 316. The predicted octanol–water partition coefficient (Wildman–Crippen LogP) is 2.07. The van der Waals surface area contributed by atoms with Gasteiger partial charge in [-0.2, -0.15) is 4.39 Å². The van der Waals surface area contributed by atoms with Crippen molar-refractivity contribution in [3.8, 4) is 0 Å². The molecule has 1 aromatic heterocycles. The Balaban J connectivity index is 1.84. The van der Waals surface area contributed by atoms with E-state index in [-0.39, 0.29) is 5.82 Å². The SMILES string of the molecule is CC[C@@H]1C[C@H]1CNc1nccnc1F. The zero-order chi connectivity index (χ0) is 9.97. The molecule has 0 aliphatic heterocycles. The Morgan fingerprint density at radius 1 is 1.43 bits per heavy atom. The van der Waals surface area contributed by atoms with Crippen molar-refractivity contribution in [3.05, 3.63) is 18.3 Å². The fourth-order valence-electron chi connectivity index (χ4n) is 1.73. The van der Waals surface area contributed by atoms with Crippen molar-refractivity contribution in [2.24, 2.45) is 11.8 Å². The van der Waals surface area contributed by atoms with Crippen LogP contribution in [0.2, 0.25) is 0 Å². The summed E-state index contributed by atoms with van der Waals surface area (Å²) in [6.45, 7) is 3.00. The average molecular weight is 195 g/mol. The molecule has 4 heteroatoms. The number of anilines is 1. The minimum Gasteiger partial charge on any atom is -0.366 e. The molecule has 0 bridgehead atoms. The van der Waals surface area contributed by atoms with Crippen molar-refractivity contribution in [1.82, 2.24) is 9.97 Å². The van der Waals surface area contributed by atoms with E-state index in [0.717, 1.165) is 12.5 Å². The molecule has 1 N–H and O–H groups in total. The second-order valence-electron chi connectivity index (χ2n) is 3.74. The first kappa shape index (κ1) is 9.37. The first-order valence-electron chi connectivity index (χ1n) is 5.01. The average Bonchev–Trinajstić information content (AvgIpc) is 2.95. The molecule has 1 heterocycles. The van der Waals surface area contributed by atoms with Crippen LogP contribution in [0.5, 0.6) is 0 Å². The molecule has 2 atom stereocenters. The molecule has 1 aliphatic carbocycles. The summed E-state index contributed by atoms with van der Waals surface area (Å²) in [6, 6.07) is 0. The monoisotopic (exact) mass is 195 g/mol. The number of halogens is 1. The smallest absolute Gasteiger partial charge is 0.255 e. The van der Waals surface area contributed by atoms with Crippen LogP contribution in [0.4, 0.5) is 10.2 Å². The second-order valence-corrected chi connectivity index (χ2v) is 3.74. The number of aromatic nitrogens is 2. The van der Waals surface area contributed by atoms with E-state index < -0.39 is 5.95 Å². The Kier molecular flexibility index (Phi) is 2.61. The third-order valence-corrected chi connectivity index (χ3v) is 2.78. The van der Waals surface area contributed by atoms with Crippen LogP contribution in [0.25, 0.3) is 0 Å². The van der Waals surface area contributed by atoms with Crippen molar-refractivity contribution >= 4 is 5.82 Å². The van der Waals surface area contributed by atoms with E-state index in [1.165, 1.54) is 25.2 Å². The molecule has 0 saturated heterocycles. The van der Waals surface area contributed by atoms with Crippen LogP contribution in [0.15, 0.2) is 12.4 Å². The zero-order valence-electron chi connectivity index (χ0n) is 8.20. The molecule has 0 spiro atoms. The van der Waals surface area contributed by atoms with Gasteiger partial charge in [0.25, 0.3) is 5.95 Å². The molecule has 3 nitrogen and oxygen atoms in total. The van der Waals surface area contributed by atoms with Gasteiger partial charge in [0.15, 0.2) is 5.82 Å². The van der Waals surface area contributed by atoms with Crippen molar-refractivity contribution in [2.45, 2.75) is 19.8 Å². The minimum atomic E-state index is -0.513. The first-order valence-corrected chi connectivity index (χ1v) is 5.01. The van der Waals surface area contributed by atoms with Gasteiger partial charge in [0.2, 0.25) is 0 Å². The summed E-state index contributed by atoms with van der Waals surface area (Å²) in [6.07, 6.45) is 5.32. The van der Waals surface area contributed by atoms with Gasteiger partial charge in [0, 0.05) is 18.9 Å². The summed E-state index contributed by atoms with van der Waals surface area (Å²) >= 11 is 0. The van der Waals surface area contributed by atoms with E-state index in [4.69, 9.17) is 0 Å². The van der Waals surface area contributed by atoms with Crippen LogP contribution < -0.4 is 5.32 Å². The summed E-state index contributed by atoms with van der Waals surface area (Å²) in [5, 5.41) is 2.99. The third kappa shape index (κ3) is 2.00. The van der Waals surface area contributed by atoms with Gasteiger partial charge < -0.3 is 5.32 Å². The molecule has 0 unspecified atom stereocenters. The van der Waals surface area contributed by atoms with Crippen LogP contribution in [0.1, 0.15) is 19.8 Å². The number of hydrogen-bond donors (Lipinski definition) is 1. The second kappa shape index (κ2) is 3.90. The summed E-state index contributed by atoms with van der Waals surface area (Å²) < 4.78 is 13.0. The number of rotatable bonds is 4. The van der Waals surface area contributed by atoms with Crippen LogP contribution in [-0.2, 0) is 0 Å². The molecule has 1 aromatic rings. The fourth-order valence-corrected chi connectivity index (χ4v) is 1.73. The quantitative estimate of drug-likeness (QED) is 0.799. The van der Waals surface area contributed by atoms with Crippen molar-refractivity contribution in [3.63, 3.8) is 0 Å². The maximum atomic E-state index is 13.0.